The number of hydrogen-bond donors (Lipinski definition) is 2. The van der Waals surface area contributed by atoms with Gasteiger partial charge in [-0.1, -0.05) is 18.2 Å². The number of carbonyl (C=O) groups excluding carboxylic acids is 1. The molecule has 0 unspecified atom stereocenters. The Morgan fingerprint density at radius 2 is 1.89 bits per heavy atom. The zero-order chi connectivity index (χ0) is 19.3. The van der Waals surface area contributed by atoms with Gasteiger partial charge in [-0.3, -0.25) is 4.79 Å². The number of fused-ring (bicyclic) bond motifs is 1. The van der Waals surface area contributed by atoms with Crippen LogP contribution in [0, 0.1) is 0 Å². The van der Waals surface area contributed by atoms with Crippen LogP contribution in [-0.4, -0.2) is 29.5 Å². The number of ether oxygens (including phenoxy) is 1. The van der Waals surface area contributed by atoms with Crippen molar-refractivity contribution in [1.82, 2.24) is 10.3 Å². The van der Waals surface area contributed by atoms with E-state index in [1.807, 2.05) is 48.7 Å². The van der Waals surface area contributed by atoms with Crippen molar-refractivity contribution in [3.05, 3.63) is 71.9 Å². The SMILES string of the molecule is CC(C)(C)NCCOc1ccc(C(=O)/C=C/c2cccc3[nH]ccc23)cc1. The Balaban J connectivity index is 1.58. The van der Waals surface area contributed by atoms with Crippen molar-refractivity contribution < 1.29 is 9.53 Å². The number of nitrogens with one attached hydrogen (secondary N) is 2. The summed E-state index contributed by atoms with van der Waals surface area (Å²) in [7, 11) is 0. The number of hydrogen-bond acceptors (Lipinski definition) is 3. The summed E-state index contributed by atoms with van der Waals surface area (Å²) < 4.78 is 5.71. The van der Waals surface area contributed by atoms with Crippen molar-refractivity contribution in [3.8, 4) is 5.75 Å². The predicted molar refractivity (Wildman–Crippen MR) is 111 cm³/mol. The second kappa shape index (κ2) is 8.23. The molecule has 27 heavy (non-hydrogen) atoms. The maximum absolute atomic E-state index is 12.4. The molecule has 0 saturated heterocycles. The van der Waals surface area contributed by atoms with E-state index in [2.05, 4.69) is 31.1 Å². The lowest BCUT2D eigenvalue weighted by atomic mass is 10.1. The first-order valence-electron chi connectivity index (χ1n) is 9.19. The van der Waals surface area contributed by atoms with Gasteiger partial charge in [0.2, 0.25) is 0 Å². The van der Waals surface area contributed by atoms with Crippen molar-refractivity contribution in [3.63, 3.8) is 0 Å². The number of benzene rings is 2. The Morgan fingerprint density at radius 1 is 1.11 bits per heavy atom. The van der Waals surface area contributed by atoms with Gasteiger partial charge >= 0.3 is 0 Å². The van der Waals surface area contributed by atoms with Crippen LogP contribution in [0.2, 0.25) is 0 Å². The molecular weight excluding hydrogens is 336 g/mol. The van der Waals surface area contributed by atoms with Gasteiger partial charge in [0.25, 0.3) is 0 Å². The van der Waals surface area contributed by atoms with Crippen LogP contribution < -0.4 is 10.1 Å². The number of H-pyrrole nitrogens is 1. The second-order valence-electron chi connectivity index (χ2n) is 7.53. The fraction of sp³-hybridized carbons (Fsp3) is 0.261. The number of aromatic amines is 1. The maximum Gasteiger partial charge on any atom is 0.185 e. The topological polar surface area (TPSA) is 54.1 Å². The van der Waals surface area contributed by atoms with Gasteiger partial charge in [-0.2, -0.15) is 0 Å². The molecule has 0 bridgehead atoms. The second-order valence-corrected chi connectivity index (χ2v) is 7.53. The molecule has 2 aromatic carbocycles. The molecule has 3 rings (SSSR count). The fourth-order valence-electron chi connectivity index (χ4n) is 2.83. The Hall–Kier alpha value is -2.85. The molecule has 2 N–H and O–H groups in total. The van der Waals surface area contributed by atoms with E-state index in [-0.39, 0.29) is 11.3 Å². The summed E-state index contributed by atoms with van der Waals surface area (Å²) in [5.74, 6) is 0.742. The largest absolute Gasteiger partial charge is 0.492 e. The minimum atomic E-state index is -0.0245. The molecule has 0 amide bonds. The zero-order valence-electron chi connectivity index (χ0n) is 16.1. The standard InChI is InChI=1S/C23H26N2O2/c1-23(2,3)25-15-16-27-19-10-7-18(8-11-19)22(26)12-9-17-5-4-6-21-20(17)13-14-24-21/h4-14,24-25H,15-16H2,1-3H3/b12-9+. The lowest BCUT2D eigenvalue weighted by Crippen LogP contribution is -2.38. The van der Waals surface area contributed by atoms with Crippen molar-refractivity contribution in [1.29, 1.82) is 0 Å². The Morgan fingerprint density at radius 3 is 2.63 bits per heavy atom. The molecule has 0 aliphatic rings. The van der Waals surface area contributed by atoms with E-state index in [0.717, 1.165) is 28.8 Å². The number of aromatic nitrogens is 1. The van der Waals surface area contributed by atoms with Crippen molar-refractivity contribution >= 4 is 22.8 Å². The molecule has 4 heteroatoms. The normalized spacial score (nSPS) is 12.0. The van der Waals surface area contributed by atoms with Crippen molar-refractivity contribution in [2.75, 3.05) is 13.2 Å². The highest BCUT2D eigenvalue weighted by molar-refractivity contribution is 6.07. The lowest BCUT2D eigenvalue weighted by Gasteiger charge is -2.20. The quantitative estimate of drug-likeness (QED) is 0.359. The van der Waals surface area contributed by atoms with Crippen LogP contribution in [0.4, 0.5) is 0 Å². The molecule has 4 nitrogen and oxygen atoms in total. The zero-order valence-corrected chi connectivity index (χ0v) is 16.1. The summed E-state index contributed by atoms with van der Waals surface area (Å²) in [5, 5.41) is 4.48. The maximum atomic E-state index is 12.4. The minimum absolute atomic E-state index is 0.0245. The number of allylic oxidation sites excluding steroid dienone is 1. The Bertz CT molecular complexity index is 931. The summed E-state index contributed by atoms with van der Waals surface area (Å²) in [5.41, 5.74) is 2.81. The number of carbonyl (C=O) groups is 1. The third kappa shape index (κ3) is 5.31. The molecular formula is C23H26N2O2. The van der Waals surface area contributed by atoms with Crippen molar-refractivity contribution in [2.24, 2.45) is 0 Å². The van der Waals surface area contributed by atoms with E-state index in [9.17, 15) is 4.79 Å². The Labute approximate surface area is 160 Å². The van der Waals surface area contributed by atoms with Crippen LogP contribution in [0.25, 0.3) is 17.0 Å². The number of rotatable bonds is 7. The van der Waals surface area contributed by atoms with E-state index >= 15 is 0 Å². The first kappa shape index (κ1) is 18.9. The molecule has 3 aromatic rings. The molecule has 0 radical (unpaired) electrons. The van der Waals surface area contributed by atoms with E-state index in [1.54, 1.807) is 18.2 Å². The molecule has 1 aromatic heterocycles. The average molecular weight is 362 g/mol. The predicted octanol–water partition coefficient (Wildman–Crippen LogP) is 4.83. The van der Waals surface area contributed by atoms with Gasteiger partial charge < -0.3 is 15.0 Å². The molecule has 1 heterocycles. The minimum Gasteiger partial charge on any atom is -0.492 e. The summed E-state index contributed by atoms with van der Waals surface area (Å²) in [4.78, 5) is 15.6. The lowest BCUT2D eigenvalue weighted by molar-refractivity contribution is 0.104. The van der Waals surface area contributed by atoms with E-state index in [0.29, 0.717) is 12.2 Å². The molecule has 0 saturated carbocycles. The molecule has 0 fully saturated rings. The van der Waals surface area contributed by atoms with E-state index in [4.69, 9.17) is 4.74 Å². The summed E-state index contributed by atoms with van der Waals surface area (Å²) in [6.45, 7) is 7.73. The van der Waals surface area contributed by atoms with Crippen LogP contribution in [0.1, 0.15) is 36.7 Å². The molecule has 0 atom stereocenters. The third-order valence-corrected chi connectivity index (χ3v) is 4.21. The van der Waals surface area contributed by atoms with Gasteiger partial charge in [0, 0.05) is 34.7 Å². The van der Waals surface area contributed by atoms with E-state index < -0.39 is 0 Å². The monoisotopic (exact) mass is 362 g/mol. The van der Waals surface area contributed by atoms with E-state index in [1.165, 1.54) is 0 Å². The van der Waals surface area contributed by atoms with Gasteiger partial charge in [0.15, 0.2) is 5.78 Å². The fourth-order valence-corrected chi connectivity index (χ4v) is 2.83. The van der Waals surface area contributed by atoms with Gasteiger partial charge in [-0.15, -0.1) is 0 Å². The van der Waals surface area contributed by atoms with Crippen molar-refractivity contribution in [2.45, 2.75) is 26.3 Å². The van der Waals surface area contributed by atoms with Crippen LogP contribution >= 0.6 is 0 Å². The summed E-state index contributed by atoms with van der Waals surface area (Å²) in [6, 6.07) is 15.3. The highest BCUT2D eigenvalue weighted by atomic mass is 16.5. The van der Waals surface area contributed by atoms with Gasteiger partial charge in [-0.05, 0) is 68.8 Å². The molecule has 140 valence electrons. The van der Waals surface area contributed by atoms with Crippen LogP contribution in [0.3, 0.4) is 0 Å². The first-order valence-corrected chi connectivity index (χ1v) is 9.19. The summed E-state index contributed by atoms with van der Waals surface area (Å²) in [6.07, 6.45) is 5.38. The highest BCUT2D eigenvalue weighted by Crippen LogP contribution is 2.19. The number of ketones is 1. The van der Waals surface area contributed by atoms with Crippen LogP contribution in [0.15, 0.2) is 60.8 Å². The van der Waals surface area contributed by atoms with Gasteiger partial charge in [-0.25, -0.2) is 0 Å². The smallest absolute Gasteiger partial charge is 0.185 e. The van der Waals surface area contributed by atoms with Gasteiger partial charge in [0.05, 0.1) is 0 Å². The molecule has 0 aliphatic heterocycles. The Kier molecular flexibility index (Phi) is 5.77. The highest BCUT2D eigenvalue weighted by Gasteiger charge is 2.08. The third-order valence-electron chi connectivity index (χ3n) is 4.21. The van der Waals surface area contributed by atoms with Crippen LogP contribution in [-0.2, 0) is 0 Å². The first-order chi connectivity index (χ1) is 12.9. The average Bonchev–Trinajstić information content (AvgIpc) is 3.12. The van der Waals surface area contributed by atoms with Gasteiger partial charge in [0.1, 0.15) is 12.4 Å². The molecule has 0 spiro atoms. The summed E-state index contributed by atoms with van der Waals surface area (Å²) >= 11 is 0. The van der Waals surface area contributed by atoms with Crippen LogP contribution in [0.5, 0.6) is 5.75 Å². The molecule has 0 aliphatic carbocycles.